The summed E-state index contributed by atoms with van der Waals surface area (Å²) in [7, 11) is 1.58. The maximum Gasteiger partial charge on any atom is 0.265 e. The van der Waals surface area contributed by atoms with E-state index in [1.54, 1.807) is 36.4 Å². The molecular formula is C24H28N4O6. The average Bonchev–Trinajstić information content (AvgIpc) is 2.87. The average molecular weight is 469 g/mol. The molecule has 0 saturated carbocycles. The van der Waals surface area contributed by atoms with Gasteiger partial charge in [0.2, 0.25) is 5.91 Å². The molecular weight excluding hydrogens is 440 g/mol. The van der Waals surface area contributed by atoms with Crippen molar-refractivity contribution in [2.75, 3.05) is 51.5 Å². The van der Waals surface area contributed by atoms with E-state index in [2.05, 4.69) is 10.3 Å². The van der Waals surface area contributed by atoms with Gasteiger partial charge in [0.25, 0.3) is 5.91 Å². The number of rotatable bonds is 7. The lowest BCUT2D eigenvalue weighted by molar-refractivity contribution is -0.134. The topological polar surface area (TPSA) is 102 Å². The summed E-state index contributed by atoms with van der Waals surface area (Å²) >= 11 is 0. The summed E-state index contributed by atoms with van der Waals surface area (Å²) in [5.74, 6) is 2.61. The van der Waals surface area contributed by atoms with E-state index in [0.29, 0.717) is 74.5 Å². The fourth-order valence-electron chi connectivity index (χ4n) is 4.40. The maximum absolute atomic E-state index is 12.8. The highest BCUT2D eigenvalue weighted by molar-refractivity contribution is 5.98. The van der Waals surface area contributed by atoms with Gasteiger partial charge in [-0.05, 0) is 18.6 Å². The zero-order valence-corrected chi connectivity index (χ0v) is 19.1. The van der Waals surface area contributed by atoms with E-state index in [-0.39, 0.29) is 24.5 Å². The van der Waals surface area contributed by atoms with Gasteiger partial charge < -0.3 is 34.1 Å². The first-order valence-electron chi connectivity index (χ1n) is 11.5. The number of nitrogens with zero attached hydrogens (tertiary/aromatic N) is 3. The predicted octanol–water partition coefficient (Wildman–Crippen LogP) is 1.37. The van der Waals surface area contributed by atoms with E-state index in [9.17, 15) is 9.59 Å². The van der Waals surface area contributed by atoms with Gasteiger partial charge in [-0.25, -0.2) is 0 Å². The summed E-state index contributed by atoms with van der Waals surface area (Å²) in [6, 6.07) is 7.34. The maximum atomic E-state index is 12.8. The van der Waals surface area contributed by atoms with Crippen LogP contribution >= 0.6 is 0 Å². The van der Waals surface area contributed by atoms with Gasteiger partial charge in [0.15, 0.2) is 18.1 Å². The molecule has 0 radical (unpaired) electrons. The van der Waals surface area contributed by atoms with Crippen molar-refractivity contribution in [3.8, 4) is 23.0 Å². The Morgan fingerprint density at radius 1 is 1.06 bits per heavy atom. The van der Waals surface area contributed by atoms with Crippen molar-refractivity contribution in [1.82, 2.24) is 15.2 Å². The van der Waals surface area contributed by atoms with E-state index in [1.807, 2.05) is 11.0 Å². The first-order chi connectivity index (χ1) is 16.6. The molecule has 3 aliphatic heterocycles. The minimum atomic E-state index is -0.128. The number of likely N-dealkylation sites (tertiary alicyclic amines) is 1. The summed E-state index contributed by atoms with van der Waals surface area (Å²) in [6.07, 6.45) is 2.92. The summed E-state index contributed by atoms with van der Waals surface area (Å²) < 4.78 is 21.9. The number of benzene rings is 1. The molecule has 0 aliphatic carbocycles. The van der Waals surface area contributed by atoms with E-state index < -0.39 is 0 Å². The Labute approximate surface area is 197 Å². The molecule has 1 unspecified atom stereocenters. The van der Waals surface area contributed by atoms with E-state index in [4.69, 9.17) is 18.9 Å². The molecule has 1 saturated heterocycles. The van der Waals surface area contributed by atoms with Crippen molar-refractivity contribution in [2.45, 2.75) is 25.4 Å². The van der Waals surface area contributed by atoms with Gasteiger partial charge >= 0.3 is 0 Å². The highest BCUT2D eigenvalue weighted by Crippen LogP contribution is 2.35. The van der Waals surface area contributed by atoms with Crippen molar-refractivity contribution < 1.29 is 28.5 Å². The van der Waals surface area contributed by atoms with Crippen LogP contribution in [0.3, 0.4) is 0 Å². The Morgan fingerprint density at radius 3 is 2.74 bits per heavy atom. The zero-order chi connectivity index (χ0) is 23.5. The fraction of sp³-hybridized carbons (Fsp3) is 0.458. The third-order valence-electron chi connectivity index (χ3n) is 6.28. The van der Waals surface area contributed by atoms with Crippen molar-refractivity contribution in [1.29, 1.82) is 0 Å². The zero-order valence-electron chi connectivity index (χ0n) is 19.1. The SMILES string of the molecule is COc1ccc2c(c1)N(CCN1CCC(NCc3cc4c(cn3)OCCO4)CC1=O)C(=O)CO2. The number of nitrogens with one attached hydrogen (secondary N) is 1. The number of amides is 2. The van der Waals surface area contributed by atoms with E-state index >= 15 is 0 Å². The van der Waals surface area contributed by atoms with Crippen molar-refractivity contribution in [3.63, 3.8) is 0 Å². The van der Waals surface area contributed by atoms with Crippen LogP contribution < -0.4 is 29.2 Å². The van der Waals surface area contributed by atoms with Gasteiger partial charge in [0, 0.05) is 50.8 Å². The van der Waals surface area contributed by atoms with Crippen LogP contribution in [-0.4, -0.2) is 74.3 Å². The number of hydrogen-bond donors (Lipinski definition) is 1. The molecule has 2 aromatic rings. The van der Waals surface area contributed by atoms with Crippen LogP contribution in [0.2, 0.25) is 0 Å². The number of aromatic nitrogens is 1. The fourth-order valence-corrected chi connectivity index (χ4v) is 4.40. The molecule has 180 valence electrons. The molecule has 0 bridgehead atoms. The Balaban J connectivity index is 1.13. The molecule has 3 aliphatic rings. The first-order valence-corrected chi connectivity index (χ1v) is 11.5. The Hall–Kier alpha value is -3.53. The molecule has 1 aromatic carbocycles. The highest BCUT2D eigenvalue weighted by Gasteiger charge is 2.29. The summed E-state index contributed by atoms with van der Waals surface area (Å²) in [4.78, 5) is 33.2. The minimum Gasteiger partial charge on any atom is -0.497 e. The summed E-state index contributed by atoms with van der Waals surface area (Å²) in [5.41, 5.74) is 1.52. The highest BCUT2D eigenvalue weighted by atomic mass is 16.6. The number of hydrogen-bond acceptors (Lipinski definition) is 8. The molecule has 34 heavy (non-hydrogen) atoms. The van der Waals surface area contributed by atoms with Gasteiger partial charge in [0.05, 0.1) is 24.7 Å². The second-order valence-electron chi connectivity index (χ2n) is 8.44. The second kappa shape index (κ2) is 9.76. The standard InChI is InChI=1S/C24H28N4O6/c1-31-18-2-3-20-19(12-18)28(24(30)15-34-20)7-6-27-5-4-16(11-23(27)29)25-13-17-10-21-22(14-26-17)33-9-8-32-21/h2-3,10,12,14,16,25H,4-9,11,13,15H2,1H3. The number of anilines is 1. The normalized spacial score (nSPS) is 19.5. The van der Waals surface area contributed by atoms with E-state index in [1.165, 1.54) is 0 Å². The smallest absolute Gasteiger partial charge is 0.265 e. The Kier molecular flexibility index (Phi) is 6.39. The van der Waals surface area contributed by atoms with Crippen LogP contribution in [0.1, 0.15) is 18.5 Å². The van der Waals surface area contributed by atoms with Crippen LogP contribution in [0.25, 0.3) is 0 Å². The molecule has 10 nitrogen and oxygen atoms in total. The van der Waals surface area contributed by atoms with Gasteiger partial charge in [-0.2, -0.15) is 0 Å². The van der Waals surface area contributed by atoms with E-state index in [0.717, 1.165) is 12.1 Å². The first kappa shape index (κ1) is 22.3. The minimum absolute atomic E-state index is 0.00678. The van der Waals surface area contributed by atoms with Crippen molar-refractivity contribution >= 4 is 17.5 Å². The van der Waals surface area contributed by atoms with Gasteiger partial charge in [-0.15, -0.1) is 0 Å². The molecule has 1 atom stereocenters. The molecule has 10 heteroatoms. The van der Waals surface area contributed by atoms with Gasteiger partial charge in [-0.1, -0.05) is 0 Å². The van der Waals surface area contributed by atoms with Crippen LogP contribution in [0.4, 0.5) is 5.69 Å². The van der Waals surface area contributed by atoms with Crippen LogP contribution in [0.15, 0.2) is 30.5 Å². The molecule has 1 N–H and O–H groups in total. The molecule has 1 aromatic heterocycles. The molecule has 2 amide bonds. The summed E-state index contributed by atoms with van der Waals surface area (Å²) in [5, 5.41) is 3.43. The Morgan fingerprint density at radius 2 is 1.91 bits per heavy atom. The van der Waals surface area contributed by atoms with Gasteiger partial charge in [0.1, 0.15) is 24.7 Å². The monoisotopic (exact) mass is 468 g/mol. The number of methoxy groups -OCH3 is 1. The molecule has 5 rings (SSSR count). The van der Waals surface area contributed by atoms with Crippen molar-refractivity contribution in [2.24, 2.45) is 0 Å². The van der Waals surface area contributed by atoms with Crippen LogP contribution in [-0.2, 0) is 16.1 Å². The largest absolute Gasteiger partial charge is 0.497 e. The molecule has 1 fully saturated rings. The number of piperidine rings is 1. The number of pyridine rings is 1. The molecule has 0 spiro atoms. The third kappa shape index (κ3) is 4.72. The van der Waals surface area contributed by atoms with Crippen molar-refractivity contribution in [3.05, 3.63) is 36.2 Å². The quantitative estimate of drug-likeness (QED) is 0.650. The van der Waals surface area contributed by atoms with Crippen LogP contribution in [0.5, 0.6) is 23.0 Å². The number of carbonyl (C=O) groups is 2. The third-order valence-corrected chi connectivity index (χ3v) is 6.28. The number of carbonyl (C=O) groups excluding carboxylic acids is 2. The van der Waals surface area contributed by atoms with Crippen LogP contribution in [0, 0.1) is 0 Å². The lowest BCUT2D eigenvalue weighted by atomic mass is 10.0. The Bertz CT molecular complexity index is 1080. The predicted molar refractivity (Wildman–Crippen MR) is 123 cm³/mol. The lowest BCUT2D eigenvalue weighted by Gasteiger charge is -2.35. The summed E-state index contributed by atoms with van der Waals surface area (Å²) in [6.45, 7) is 3.13. The number of ether oxygens (including phenoxy) is 4. The second-order valence-corrected chi connectivity index (χ2v) is 8.44. The number of fused-ring (bicyclic) bond motifs is 2. The lowest BCUT2D eigenvalue weighted by Crippen LogP contribution is -2.49. The van der Waals surface area contributed by atoms with Gasteiger partial charge in [-0.3, -0.25) is 14.6 Å². The molecule has 4 heterocycles.